The highest BCUT2D eigenvalue weighted by atomic mass is 19.3. The molecule has 0 bridgehead atoms. The molecular formula is C44H56F3N11O6. The number of pyridine rings is 1. The van der Waals surface area contributed by atoms with Crippen LogP contribution in [0.15, 0.2) is 30.6 Å². The van der Waals surface area contributed by atoms with Gasteiger partial charge in [0.25, 0.3) is 11.8 Å². The molecule has 4 aliphatic heterocycles. The van der Waals surface area contributed by atoms with Crippen LogP contribution in [0.5, 0.6) is 11.5 Å². The molecule has 1 spiro atoms. The Kier molecular flexibility index (Phi) is 12.5. The van der Waals surface area contributed by atoms with Gasteiger partial charge in [-0.2, -0.15) is 13.8 Å². The van der Waals surface area contributed by atoms with Gasteiger partial charge in [-0.15, -0.1) is 0 Å². The molecule has 64 heavy (non-hydrogen) atoms. The smallest absolute Gasteiger partial charge is 0.342 e. The van der Waals surface area contributed by atoms with Crippen LogP contribution in [-0.4, -0.2) is 128 Å². The zero-order chi connectivity index (χ0) is 45.5. The number of hydrogen-bond donors (Lipinski definition) is 4. The number of halogens is 3. The van der Waals surface area contributed by atoms with Crippen molar-refractivity contribution in [3.63, 3.8) is 0 Å². The second-order valence-corrected chi connectivity index (χ2v) is 18.0. The Morgan fingerprint density at radius 2 is 1.64 bits per heavy atom. The molecule has 4 N–H and O–H groups in total. The summed E-state index contributed by atoms with van der Waals surface area (Å²) in [5.74, 6) is -4.91. The number of methoxy groups -OCH3 is 2. The minimum atomic E-state index is -3.61. The van der Waals surface area contributed by atoms with Gasteiger partial charge >= 0.3 is 5.92 Å². The summed E-state index contributed by atoms with van der Waals surface area (Å²) in [6.07, 6.45) is 9.08. The summed E-state index contributed by atoms with van der Waals surface area (Å²) >= 11 is 0. The molecule has 1 aromatic carbocycles. The lowest BCUT2D eigenvalue weighted by Crippen LogP contribution is -2.55. The van der Waals surface area contributed by atoms with E-state index in [4.69, 9.17) is 9.47 Å². The van der Waals surface area contributed by atoms with Gasteiger partial charge in [-0.3, -0.25) is 24.5 Å². The molecular weight excluding hydrogens is 836 g/mol. The largest absolute Gasteiger partial charge is 0.495 e. The van der Waals surface area contributed by atoms with Crippen molar-refractivity contribution in [1.82, 2.24) is 30.5 Å². The van der Waals surface area contributed by atoms with Crippen molar-refractivity contribution in [3.8, 4) is 11.5 Å². The fourth-order valence-corrected chi connectivity index (χ4v) is 9.73. The number of fused-ring (bicyclic) bond motifs is 1. The number of nitrogens with one attached hydrogen (secondary N) is 4. The summed E-state index contributed by atoms with van der Waals surface area (Å²) in [6, 6.07) is 3.57. The highest BCUT2D eigenvalue weighted by Gasteiger charge is 2.48. The van der Waals surface area contributed by atoms with Crippen LogP contribution in [0, 0.1) is 17.2 Å². The highest BCUT2D eigenvalue weighted by molar-refractivity contribution is 6.02. The number of likely N-dealkylation sites (tertiary alicyclic amines) is 1. The molecule has 20 heteroatoms. The number of hydrogen-bond acceptors (Lipinski definition) is 14. The fourth-order valence-electron chi connectivity index (χ4n) is 9.73. The van der Waals surface area contributed by atoms with Gasteiger partial charge in [0.15, 0.2) is 5.82 Å². The average molecular weight is 892 g/mol. The van der Waals surface area contributed by atoms with E-state index < -0.39 is 36.1 Å². The first-order chi connectivity index (χ1) is 30.5. The molecule has 1 saturated carbocycles. The number of piperidine rings is 3. The summed E-state index contributed by atoms with van der Waals surface area (Å²) in [6.45, 7) is 7.07. The topological polar surface area (TPSA) is 186 Å². The van der Waals surface area contributed by atoms with Crippen molar-refractivity contribution in [3.05, 3.63) is 42.1 Å². The third-order valence-corrected chi connectivity index (χ3v) is 13.5. The number of alkyl halides is 2. The number of aromatic nitrogens is 3. The van der Waals surface area contributed by atoms with E-state index >= 15 is 4.39 Å². The van der Waals surface area contributed by atoms with Crippen molar-refractivity contribution in [2.75, 3.05) is 85.9 Å². The lowest BCUT2D eigenvalue weighted by Gasteiger charge is -2.52. The number of amides is 4. The average Bonchev–Trinajstić information content (AvgIpc) is 3.33. The van der Waals surface area contributed by atoms with Crippen LogP contribution < -0.4 is 45.4 Å². The Balaban J connectivity index is 0.793. The molecule has 0 radical (unpaired) electrons. The summed E-state index contributed by atoms with van der Waals surface area (Å²) in [4.78, 5) is 69.7. The molecule has 2 aromatic heterocycles. The summed E-state index contributed by atoms with van der Waals surface area (Å²) in [5, 5.41) is 11.5. The first-order valence-corrected chi connectivity index (χ1v) is 21.9. The van der Waals surface area contributed by atoms with E-state index in [-0.39, 0.29) is 58.9 Å². The Hall–Kier alpha value is -5.92. The van der Waals surface area contributed by atoms with Crippen LogP contribution in [0.4, 0.5) is 47.7 Å². The molecule has 5 aliphatic rings. The Bertz CT molecular complexity index is 2280. The minimum absolute atomic E-state index is 0.0320. The van der Waals surface area contributed by atoms with Crippen molar-refractivity contribution in [2.45, 2.75) is 89.3 Å². The monoisotopic (exact) mass is 891 g/mol. The first kappa shape index (κ1) is 44.7. The Morgan fingerprint density at radius 1 is 0.938 bits per heavy atom. The number of ether oxygens (including phenoxy) is 2. The van der Waals surface area contributed by atoms with Crippen molar-refractivity contribution in [1.29, 1.82) is 0 Å². The van der Waals surface area contributed by atoms with Gasteiger partial charge in [-0.25, -0.2) is 14.4 Å². The van der Waals surface area contributed by atoms with Gasteiger partial charge in [0.2, 0.25) is 17.8 Å². The van der Waals surface area contributed by atoms with Crippen molar-refractivity contribution < 1.29 is 41.8 Å². The van der Waals surface area contributed by atoms with Crippen LogP contribution in [0.25, 0.3) is 0 Å². The molecule has 4 fully saturated rings. The number of benzene rings is 1. The van der Waals surface area contributed by atoms with Crippen molar-refractivity contribution >= 4 is 58.1 Å². The third kappa shape index (κ3) is 9.19. The Labute approximate surface area is 369 Å². The highest BCUT2D eigenvalue weighted by Crippen LogP contribution is 2.49. The van der Waals surface area contributed by atoms with Crippen LogP contribution in [0.3, 0.4) is 0 Å². The summed E-state index contributed by atoms with van der Waals surface area (Å²) < 4.78 is 56.2. The predicted octanol–water partition coefficient (Wildman–Crippen LogP) is 4.71. The van der Waals surface area contributed by atoms with E-state index in [0.717, 1.165) is 76.1 Å². The molecule has 3 saturated heterocycles. The maximum Gasteiger partial charge on any atom is 0.342 e. The summed E-state index contributed by atoms with van der Waals surface area (Å²) in [5.41, 5.74) is 1.74. The number of carbonyl (C=O) groups excluding carboxylic acids is 4. The number of nitrogens with zero attached hydrogens (tertiary/aromatic N) is 7. The number of carbonyl (C=O) groups is 4. The second-order valence-electron chi connectivity index (χ2n) is 18.0. The molecule has 1 aliphatic carbocycles. The van der Waals surface area contributed by atoms with E-state index in [0.29, 0.717) is 40.9 Å². The SMILES string of the molecule is COc1cc(C(=O)NC2CC3(CCN(CC4CCN(c5cc(OC)c(NC6CCC(=O)NC6=O)cc5F)CC4)CC3)C2)ncc1Nc1ncc2c(n1)N(C(C)C)CC(F)(F)C(=O)N2C. The van der Waals surface area contributed by atoms with E-state index in [1.165, 1.54) is 50.7 Å². The van der Waals surface area contributed by atoms with E-state index in [1.807, 2.05) is 0 Å². The minimum Gasteiger partial charge on any atom is -0.495 e. The van der Waals surface area contributed by atoms with E-state index in [1.54, 1.807) is 19.9 Å². The number of anilines is 6. The van der Waals surface area contributed by atoms with Crippen LogP contribution >= 0.6 is 0 Å². The van der Waals surface area contributed by atoms with E-state index in [9.17, 15) is 28.0 Å². The van der Waals surface area contributed by atoms with Gasteiger partial charge < -0.3 is 45.0 Å². The molecule has 1 atom stereocenters. The lowest BCUT2D eigenvalue weighted by molar-refractivity contribution is -0.140. The zero-order valence-electron chi connectivity index (χ0n) is 36.8. The standard InChI is InChI=1S/C44H56F3N11O6/c1-25(2)58-24-44(46,47)41(62)55(3)34-22-49-42(54-38(34)58)52-32-21-48-31(17-35(32)63-4)40(61)50-27-19-43(20-27)10-14-56(15-11-43)23-26-8-12-57(13-9-26)33-18-36(64-5)30(16-28(33)45)51-29-6-7-37(59)53-39(29)60/h16-18,21-22,25-27,29,51H,6-15,19-20,23-24H2,1-5H3,(H,50,61)(H,49,52,54)(H,53,59,60). The molecule has 8 rings (SSSR count). The zero-order valence-corrected chi connectivity index (χ0v) is 36.8. The maximum atomic E-state index is 15.5. The molecule has 17 nitrogen and oxygen atoms in total. The van der Waals surface area contributed by atoms with Crippen LogP contribution in [0.2, 0.25) is 0 Å². The number of imide groups is 1. The maximum absolute atomic E-state index is 15.5. The summed E-state index contributed by atoms with van der Waals surface area (Å²) in [7, 11) is 4.24. The van der Waals surface area contributed by atoms with Gasteiger partial charge in [0.1, 0.15) is 40.4 Å². The van der Waals surface area contributed by atoms with Gasteiger partial charge in [0.05, 0.1) is 44.5 Å². The first-order valence-electron chi connectivity index (χ1n) is 21.9. The molecule has 4 amide bonds. The number of rotatable bonds is 12. The van der Waals surface area contributed by atoms with Crippen LogP contribution in [-0.2, 0) is 14.4 Å². The normalized spacial score (nSPS) is 21.5. The molecule has 344 valence electrons. The van der Waals surface area contributed by atoms with Crippen molar-refractivity contribution in [2.24, 2.45) is 11.3 Å². The predicted molar refractivity (Wildman–Crippen MR) is 233 cm³/mol. The second kappa shape index (κ2) is 17.9. The Morgan fingerprint density at radius 3 is 2.31 bits per heavy atom. The molecule has 1 unspecified atom stereocenters. The molecule has 3 aromatic rings. The van der Waals surface area contributed by atoms with Crippen LogP contribution in [0.1, 0.15) is 75.7 Å². The third-order valence-electron chi connectivity index (χ3n) is 13.5. The van der Waals surface area contributed by atoms with Gasteiger partial charge in [-0.1, -0.05) is 0 Å². The quantitative estimate of drug-likeness (QED) is 0.183. The van der Waals surface area contributed by atoms with Gasteiger partial charge in [-0.05, 0) is 83.2 Å². The lowest BCUT2D eigenvalue weighted by atomic mass is 9.60. The van der Waals surface area contributed by atoms with E-state index in [2.05, 4.69) is 46.0 Å². The van der Waals surface area contributed by atoms with Gasteiger partial charge in [0, 0.05) is 63.4 Å². The fraction of sp³-hybridized carbons (Fsp3) is 0.568. The molecule has 6 heterocycles.